The van der Waals surface area contributed by atoms with E-state index in [2.05, 4.69) is 15.5 Å². The van der Waals surface area contributed by atoms with Gasteiger partial charge in [-0.15, -0.1) is 0 Å². The summed E-state index contributed by atoms with van der Waals surface area (Å²) in [5.41, 5.74) is 0.873. The van der Waals surface area contributed by atoms with Gasteiger partial charge in [0.2, 0.25) is 0 Å². The Morgan fingerprint density at radius 1 is 1.29 bits per heavy atom. The third kappa shape index (κ3) is 3.30. The quantitative estimate of drug-likeness (QED) is 0.731. The van der Waals surface area contributed by atoms with Crippen LogP contribution in [0.4, 0.5) is 14.6 Å². The van der Waals surface area contributed by atoms with E-state index in [1.807, 2.05) is 0 Å². The highest BCUT2D eigenvalue weighted by Crippen LogP contribution is 2.26. The van der Waals surface area contributed by atoms with Gasteiger partial charge in [0.25, 0.3) is 5.91 Å². The van der Waals surface area contributed by atoms with Gasteiger partial charge < -0.3 is 10.1 Å². The first-order chi connectivity index (χ1) is 11.6. The van der Waals surface area contributed by atoms with Crippen molar-refractivity contribution in [2.45, 2.75) is 0 Å². The highest BCUT2D eigenvalue weighted by atomic mass is 35.5. The molecule has 3 rings (SSSR count). The lowest BCUT2D eigenvalue weighted by atomic mass is 10.2. The first kappa shape index (κ1) is 16.2. The number of anilines is 1. The van der Waals surface area contributed by atoms with Crippen molar-refractivity contribution < 1.29 is 18.3 Å². The Labute approximate surface area is 140 Å². The fraction of sp³-hybridized carbons (Fsp3) is 0.125. The number of nitrogens with zero attached hydrogens (tertiary/aromatic N) is 1. The minimum absolute atomic E-state index is 0.0564. The Kier molecular flexibility index (Phi) is 4.61. The zero-order valence-electron chi connectivity index (χ0n) is 12.3. The molecule has 0 unspecified atom stereocenters. The maximum Gasteiger partial charge on any atom is 0.256 e. The molecule has 1 aromatic heterocycles. The second kappa shape index (κ2) is 6.84. The summed E-state index contributed by atoms with van der Waals surface area (Å²) in [6, 6.07) is 8.68. The number of alkyl halides is 1. The largest absolute Gasteiger partial charge is 0.491 e. The summed E-state index contributed by atoms with van der Waals surface area (Å²) in [7, 11) is 0. The second-order valence-corrected chi connectivity index (χ2v) is 5.31. The van der Waals surface area contributed by atoms with Gasteiger partial charge in [-0.1, -0.05) is 11.6 Å². The van der Waals surface area contributed by atoms with Crippen molar-refractivity contribution in [1.82, 2.24) is 10.2 Å². The number of fused-ring (bicyclic) bond motifs is 1. The van der Waals surface area contributed by atoms with Crippen LogP contribution in [-0.4, -0.2) is 29.4 Å². The highest BCUT2D eigenvalue weighted by molar-refractivity contribution is 6.31. The van der Waals surface area contributed by atoms with E-state index >= 15 is 0 Å². The van der Waals surface area contributed by atoms with Crippen LogP contribution in [0.25, 0.3) is 10.9 Å². The number of nitrogens with one attached hydrogen (secondary N) is 2. The van der Waals surface area contributed by atoms with Crippen molar-refractivity contribution in [3.63, 3.8) is 0 Å². The van der Waals surface area contributed by atoms with E-state index in [-0.39, 0.29) is 23.0 Å². The number of H-pyrrole nitrogens is 1. The molecule has 24 heavy (non-hydrogen) atoms. The molecule has 2 aromatic carbocycles. The van der Waals surface area contributed by atoms with Crippen LogP contribution in [0.3, 0.4) is 0 Å². The number of carbonyl (C=O) groups excluding carboxylic acids is 1. The van der Waals surface area contributed by atoms with Crippen LogP contribution < -0.4 is 10.1 Å². The average Bonchev–Trinajstić information content (AvgIpc) is 2.97. The van der Waals surface area contributed by atoms with E-state index in [1.54, 1.807) is 18.2 Å². The Morgan fingerprint density at radius 3 is 2.88 bits per heavy atom. The zero-order chi connectivity index (χ0) is 17.1. The molecule has 1 heterocycles. The molecule has 5 nitrogen and oxygen atoms in total. The summed E-state index contributed by atoms with van der Waals surface area (Å²) in [6.45, 7) is -0.655. The second-order valence-electron chi connectivity index (χ2n) is 4.90. The summed E-state index contributed by atoms with van der Waals surface area (Å²) in [5.74, 6) is -0.350. The van der Waals surface area contributed by atoms with Gasteiger partial charge in [-0.3, -0.25) is 9.89 Å². The Balaban J connectivity index is 1.86. The summed E-state index contributed by atoms with van der Waals surface area (Å²) in [4.78, 5) is 12.2. The molecule has 124 valence electrons. The van der Waals surface area contributed by atoms with Gasteiger partial charge in [0, 0.05) is 10.9 Å². The summed E-state index contributed by atoms with van der Waals surface area (Å²) >= 11 is 5.68. The number of ether oxygens (including phenoxy) is 1. The lowest BCUT2D eigenvalue weighted by Gasteiger charge is -2.05. The number of benzene rings is 2. The van der Waals surface area contributed by atoms with Gasteiger partial charge in [0.15, 0.2) is 5.82 Å². The molecule has 0 aliphatic heterocycles. The zero-order valence-corrected chi connectivity index (χ0v) is 13.0. The van der Waals surface area contributed by atoms with Gasteiger partial charge in [-0.25, -0.2) is 8.78 Å². The van der Waals surface area contributed by atoms with E-state index in [0.29, 0.717) is 16.7 Å². The molecule has 8 heteroatoms. The van der Waals surface area contributed by atoms with Gasteiger partial charge in [-0.05, 0) is 36.4 Å². The lowest BCUT2D eigenvalue weighted by Crippen LogP contribution is -2.12. The maximum absolute atomic E-state index is 13.2. The monoisotopic (exact) mass is 351 g/mol. The van der Waals surface area contributed by atoms with E-state index < -0.39 is 18.4 Å². The average molecular weight is 352 g/mol. The number of aromatic nitrogens is 2. The molecule has 2 N–H and O–H groups in total. The lowest BCUT2D eigenvalue weighted by molar-refractivity contribution is 0.102. The Bertz CT molecular complexity index is 898. The minimum Gasteiger partial charge on any atom is -0.491 e. The molecule has 0 saturated carbocycles. The van der Waals surface area contributed by atoms with Crippen molar-refractivity contribution >= 4 is 34.2 Å². The number of carbonyl (C=O) groups is 1. The van der Waals surface area contributed by atoms with E-state index in [1.165, 1.54) is 12.1 Å². The molecule has 0 bridgehead atoms. The Hall–Kier alpha value is -2.67. The fourth-order valence-corrected chi connectivity index (χ4v) is 2.33. The van der Waals surface area contributed by atoms with Crippen LogP contribution in [0.1, 0.15) is 10.4 Å². The van der Waals surface area contributed by atoms with Crippen molar-refractivity contribution in [3.8, 4) is 5.75 Å². The van der Waals surface area contributed by atoms with E-state index in [0.717, 1.165) is 6.07 Å². The maximum atomic E-state index is 13.2. The van der Waals surface area contributed by atoms with Gasteiger partial charge in [0.1, 0.15) is 24.8 Å². The number of hydrogen-bond acceptors (Lipinski definition) is 3. The molecule has 0 aliphatic rings. The van der Waals surface area contributed by atoms with Crippen molar-refractivity contribution in [1.29, 1.82) is 0 Å². The number of aromatic amines is 1. The SMILES string of the molecule is O=C(Nc1n[nH]c2ccc(OCCF)cc12)c1ccc(F)c(Cl)c1. The number of rotatable bonds is 5. The molecule has 0 aliphatic carbocycles. The molecule has 0 spiro atoms. The molecule has 1 amide bonds. The molecule has 0 fully saturated rings. The van der Waals surface area contributed by atoms with Crippen LogP contribution in [0.5, 0.6) is 5.75 Å². The first-order valence-corrected chi connectivity index (χ1v) is 7.39. The molecule has 0 radical (unpaired) electrons. The Morgan fingerprint density at radius 2 is 2.12 bits per heavy atom. The van der Waals surface area contributed by atoms with Crippen LogP contribution >= 0.6 is 11.6 Å². The minimum atomic E-state index is -0.604. The molecular formula is C16H12ClF2N3O2. The van der Waals surface area contributed by atoms with E-state index in [9.17, 15) is 13.6 Å². The smallest absolute Gasteiger partial charge is 0.256 e. The standard InChI is InChI=1S/C16H12ClF2N3O2/c17-12-7-9(1-3-13(12)19)16(23)20-15-11-8-10(24-6-5-18)2-4-14(11)21-22-15/h1-4,7-8H,5-6H2,(H2,20,21,22,23). The van der Waals surface area contributed by atoms with Crippen LogP contribution in [0, 0.1) is 5.82 Å². The predicted molar refractivity (Wildman–Crippen MR) is 86.9 cm³/mol. The van der Waals surface area contributed by atoms with Gasteiger partial charge >= 0.3 is 0 Å². The van der Waals surface area contributed by atoms with Crippen LogP contribution in [0.2, 0.25) is 5.02 Å². The molecule has 0 atom stereocenters. The molecular weight excluding hydrogens is 340 g/mol. The number of hydrogen-bond donors (Lipinski definition) is 2. The first-order valence-electron chi connectivity index (χ1n) is 7.02. The van der Waals surface area contributed by atoms with Crippen molar-refractivity contribution in [2.24, 2.45) is 0 Å². The van der Waals surface area contributed by atoms with Crippen molar-refractivity contribution in [3.05, 3.63) is 52.8 Å². The van der Waals surface area contributed by atoms with E-state index in [4.69, 9.17) is 16.3 Å². The number of amides is 1. The molecule has 3 aromatic rings. The fourth-order valence-electron chi connectivity index (χ4n) is 2.15. The third-order valence-electron chi connectivity index (χ3n) is 3.29. The number of halogens is 3. The summed E-state index contributed by atoms with van der Waals surface area (Å²) in [6.07, 6.45) is 0. The van der Waals surface area contributed by atoms with Gasteiger partial charge in [-0.2, -0.15) is 5.10 Å². The summed E-state index contributed by atoms with van der Waals surface area (Å²) < 4.78 is 30.6. The predicted octanol–water partition coefficient (Wildman–Crippen LogP) is 3.96. The highest BCUT2D eigenvalue weighted by Gasteiger charge is 2.13. The topological polar surface area (TPSA) is 67.0 Å². The van der Waals surface area contributed by atoms with Crippen LogP contribution in [-0.2, 0) is 0 Å². The van der Waals surface area contributed by atoms with Gasteiger partial charge in [0.05, 0.1) is 10.5 Å². The summed E-state index contributed by atoms with van der Waals surface area (Å²) in [5, 5.41) is 9.88. The molecule has 0 saturated heterocycles. The third-order valence-corrected chi connectivity index (χ3v) is 3.58. The van der Waals surface area contributed by atoms with Crippen LogP contribution in [0.15, 0.2) is 36.4 Å². The van der Waals surface area contributed by atoms with Crippen molar-refractivity contribution in [2.75, 3.05) is 18.6 Å². The normalized spacial score (nSPS) is 10.8.